The first-order valence-corrected chi connectivity index (χ1v) is 7.84. The highest BCUT2D eigenvalue weighted by atomic mass is 35.5. The van der Waals surface area contributed by atoms with E-state index in [2.05, 4.69) is 16.9 Å². The normalized spacial score (nSPS) is 19.7. The number of benzene rings is 1. The summed E-state index contributed by atoms with van der Waals surface area (Å²) in [5.74, 6) is -1.35. The summed E-state index contributed by atoms with van der Waals surface area (Å²) in [5, 5.41) is 2.73. The molecular formula is C18H15ClF2N2O. The van der Waals surface area contributed by atoms with Crippen LogP contribution in [0.1, 0.15) is 29.7 Å². The summed E-state index contributed by atoms with van der Waals surface area (Å²) in [7, 11) is 0. The van der Waals surface area contributed by atoms with Crippen LogP contribution >= 0.6 is 11.6 Å². The number of hydrogen-bond acceptors (Lipinski definition) is 2. The van der Waals surface area contributed by atoms with Crippen LogP contribution in [0.15, 0.2) is 43.1 Å². The summed E-state index contributed by atoms with van der Waals surface area (Å²) in [4.78, 5) is 16.6. The Morgan fingerprint density at radius 1 is 1.42 bits per heavy atom. The van der Waals surface area contributed by atoms with Gasteiger partial charge in [0.05, 0.1) is 5.69 Å². The maximum atomic E-state index is 15.4. The standard InChI is InChI=1S/C18H15ClF2N2O/c1-11-6-7-18(21,14-3-2-8-22-16(11)14)17(24)23-10-12-4-5-13(19)9-15(12)20/h2-5,8-9H,1,6-7,10H2,(H,23,24)/t18-/m0/s1. The molecule has 0 bridgehead atoms. The molecule has 0 aliphatic heterocycles. The molecule has 1 aliphatic rings. The maximum absolute atomic E-state index is 15.4. The first-order chi connectivity index (χ1) is 11.4. The third kappa shape index (κ3) is 2.91. The number of fused-ring (bicyclic) bond motifs is 1. The van der Waals surface area contributed by atoms with Gasteiger partial charge in [-0.25, -0.2) is 8.78 Å². The van der Waals surface area contributed by atoms with Crippen LogP contribution < -0.4 is 5.32 Å². The van der Waals surface area contributed by atoms with E-state index >= 15 is 4.39 Å². The molecule has 1 atom stereocenters. The number of nitrogens with zero attached hydrogens (tertiary/aromatic N) is 1. The average Bonchev–Trinajstić information content (AvgIpc) is 2.57. The van der Waals surface area contributed by atoms with Crippen molar-refractivity contribution in [2.24, 2.45) is 0 Å². The molecular weight excluding hydrogens is 334 g/mol. The van der Waals surface area contributed by atoms with Gasteiger partial charge in [-0.1, -0.05) is 30.3 Å². The lowest BCUT2D eigenvalue weighted by Gasteiger charge is -2.31. The number of amides is 1. The molecule has 124 valence electrons. The fourth-order valence-corrected chi connectivity index (χ4v) is 2.96. The molecule has 1 aromatic heterocycles. The Morgan fingerprint density at radius 3 is 2.96 bits per heavy atom. The molecule has 0 unspecified atom stereocenters. The third-order valence-corrected chi connectivity index (χ3v) is 4.39. The fourth-order valence-electron chi connectivity index (χ4n) is 2.80. The second-order valence-corrected chi connectivity index (χ2v) is 6.16. The lowest BCUT2D eigenvalue weighted by atomic mass is 9.80. The Morgan fingerprint density at radius 2 is 2.21 bits per heavy atom. The fraction of sp³-hybridized carbons (Fsp3) is 0.222. The van der Waals surface area contributed by atoms with E-state index in [1.54, 1.807) is 6.07 Å². The van der Waals surface area contributed by atoms with Crippen LogP contribution in [0.4, 0.5) is 8.78 Å². The topological polar surface area (TPSA) is 42.0 Å². The highest BCUT2D eigenvalue weighted by Gasteiger charge is 2.45. The van der Waals surface area contributed by atoms with Gasteiger partial charge < -0.3 is 5.32 Å². The first-order valence-electron chi connectivity index (χ1n) is 7.46. The molecule has 0 saturated carbocycles. The van der Waals surface area contributed by atoms with E-state index in [-0.39, 0.29) is 29.1 Å². The predicted octanol–water partition coefficient (Wildman–Crippen LogP) is 4.16. The van der Waals surface area contributed by atoms with Crippen molar-refractivity contribution >= 4 is 23.1 Å². The van der Waals surface area contributed by atoms with Crippen molar-refractivity contribution in [3.8, 4) is 0 Å². The van der Waals surface area contributed by atoms with E-state index in [4.69, 9.17) is 11.6 Å². The van der Waals surface area contributed by atoms with Crippen molar-refractivity contribution in [3.05, 3.63) is 70.8 Å². The van der Waals surface area contributed by atoms with Gasteiger partial charge in [-0.15, -0.1) is 0 Å². The lowest BCUT2D eigenvalue weighted by Crippen LogP contribution is -2.43. The van der Waals surface area contributed by atoms with Crippen LogP contribution in [0.2, 0.25) is 5.02 Å². The second-order valence-electron chi connectivity index (χ2n) is 5.72. The molecule has 2 aromatic rings. The highest BCUT2D eigenvalue weighted by Crippen LogP contribution is 2.42. The van der Waals surface area contributed by atoms with E-state index in [1.807, 2.05) is 0 Å². The Bertz CT molecular complexity index is 824. The molecule has 1 N–H and O–H groups in total. The van der Waals surface area contributed by atoms with E-state index in [0.29, 0.717) is 17.7 Å². The molecule has 0 saturated heterocycles. The van der Waals surface area contributed by atoms with Crippen LogP contribution in [-0.4, -0.2) is 10.9 Å². The molecule has 1 heterocycles. The SMILES string of the molecule is C=C1CC[C@@](F)(C(=O)NCc2ccc(Cl)cc2F)c2cccnc21. The average molecular weight is 349 g/mol. The molecule has 3 nitrogen and oxygen atoms in total. The zero-order valence-electron chi connectivity index (χ0n) is 12.8. The van der Waals surface area contributed by atoms with E-state index < -0.39 is 17.4 Å². The maximum Gasteiger partial charge on any atom is 0.262 e. The largest absolute Gasteiger partial charge is 0.349 e. The summed E-state index contributed by atoms with van der Waals surface area (Å²) >= 11 is 5.69. The first kappa shape index (κ1) is 16.6. The van der Waals surface area contributed by atoms with Crippen molar-refractivity contribution in [2.45, 2.75) is 25.1 Å². The van der Waals surface area contributed by atoms with E-state index in [9.17, 15) is 9.18 Å². The monoisotopic (exact) mass is 348 g/mol. The predicted molar refractivity (Wildman–Crippen MR) is 88.5 cm³/mol. The number of halogens is 3. The molecule has 1 aliphatic carbocycles. The van der Waals surface area contributed by atoms with Crippen LogP contribution in [-0.2, 0) is 17.0 Å². The number of aromatic nitrogens is 1. The van der Waals surface area contributed by atoms with Gasteiger partial charge in [0.1, 0.15) is 5.82 Å². The minimum Gasteiger partial charge on any atom is -0.349 e. The molecule has 6 heteroatoms. The zero-order chi connectivity index (χ0) is 17.3. The van der Waals surface area contributed by atoms with Gasteiger partial charge in [-0.05, 0) is 36.6 Å². The highest BCUT2D eigenvalue weighted by molar-refractivity contribution is 6.30. The lowest BCUT2D eigenvalue weighted by molar-refractivity contribution is -0.134. The van der Waals surface area contributed by atoms with Crippen molar-refractivity contribution in [1.29, 1.82) is 0 Å². The van der Waals surface area contributed by atoms with Crippen molar-refractivity contribution in [3.63, 3.8) is 0 Å². The van der Waals surface area contributed by atoms with Gasteiger partial charge >= 0.3 is 0 Å². The molecule has 24 heavy (non-hydrogen) atoms. The minimum absolute atomic E-state index is 0.0144. The number of nitrogens with one attached hydrogen (secondary N) is 1. The second kappa shape index (κ2) is 6.32. The summed E-state index contributed by atoms with van der Waals surface area (Å²) in [6.45, 7) is 3.75. The minimum atomic E-state index is -2.20. The number of carbonyl (C=O) groups excluding carboxylic acids is 1. The molecule has 0 radical (unpaired) electrons. The Balaban J connectivity index is 1.82. The smallest absolute Gasteiger partial charge is 0.262 e. The van der Waals surface area contributed by atoms with Crippen LogP contribution in [0.25, 0.3) is 5.57 Å². The van der Waals surface area contributed by atoms with E-state index in [1.165, 1.54) is 24.4 Å². The summed E-state index contributed by atoms with van der Waals surface area (Å²) in [6.07, 6.45) is 1.86. The summed E-state index contributed by atoms with van der Waals surface area (Å²) in [6, 6.07) is 7.24. The van der Waals surface area contributed by atoms with Crippen LogP contribution in [0.3, 0.4) is 0 Å². The number of pyridine rings is 1. The number of hydrogen-bond donors (Lipinski definition) is 1. The molecule has 0 fully saturated rings. The van der Waals surface area contributed by atoms with Crippen molar-refractivity contribution < 1.29 is 13.6 Å². The summed E-state index contributed by atoms with van der Waals surface area (Å²) in [5.41, 5.74) is -0.638. The van der Waals surface area contributed by atoms with Gasteiger partial charge in [0, 0.05) is 28.9 Å². The van der Waals surface area contributed by atoms with Crippen LogP contribution in [0, 0.1) is 5.82 Å². The molecule has 3 rings (SSSR count). The Labute approximate surface area is 143 Å². The number of allylic oxidation sites excluding steroid dienone is 1. The van der Waals surface area contributed by atoms with Crippen LogP contribution in [0.5, 0.6) is 0 Å². The molecule has 0 spiro atoms. The third-order valence-electron chi connectivity index (χ3n) is 4.16. The van der Waals surface area contributed by atoms with Gasteiger partial charge in [0.2, 0.25) is 5.67 Å². The van der Waals surface area contributed by atoms with Crippen molar-refractivity contribution in [1.82, 2.24) is 10.3 Å². The number of carbonyl (C=O) groups is 1. The Hall–Kier alpha value is -2.27. The van der Waals surface area contributed by atoms with Gasteiger partial charge in [0.25, 0.3) is 5.91 Å². The Kier molecular flexibility index (Phi) is 4.37. The van der Waals surface area contributed by atoms with Gasteiger partial charge in [0.15, 0.2) is 0 Å². The van der Waals surface area contributed by atoms with E-state index in [0.717, 1.165) is 6.07 Å². The molecule has 1 amide bonds. The van der Waals surface area contributed by atoms with Gasteiger partial charge in [-0.3, -0.25) is 9.78 Å². The number of alkyl halides is 1. The molecule has 1 aromatic carbocycles. The van der Waals surface area contributed by atoms with Gasteiger partial charge in [-0.2, -0.15) is 0 Å². The number of rotatable bonds is 3. The zero-order valence-corrected chi connectivity index (χ0v) is 13.5. The summed E-state index contributed by atoms with van der Waals surface area (Å²) < 4.78 is 29.2. The quantitative estimate of drug-likeness (QED) is 0.904. The van der Waals surface area contributed by atoms with Crippen molar-refractivity contribution in [2.75, 3.05) is 0 Å².